The number of rotatable bonds is 9. The van der Waals surface area contributed by atoms with Crippen molar-refractivity contribution in [2.45, 2.75) is 38.0 Å². The second-order valence-corrected chi connectivity index (χ2v) is 8.40. The summed E-state index contributed by atoms with van der Waals surface area (Å²) in [5.74, 6) is 0.489. The highest BCUT2D eigenvalue weighted by atomic mass is 19.4. The molecule has 178 valence electrons. The summed E-state index contributed by atoms with van der Waals surface area (Å²) in [4.78, 5) is 9.11. The van der Waals surface area contributed by atoms with E-state index < -0.39 is 18.8 Å². The van der Waals surface area contributed by atoms with Gasteiger partial charge in [-0.3, -0.25) is 14.3 Å². The van der Waals surface area contributed by atoms with Crippen molar-refractivity contribution >= 4 is 10.9 Å². The quantitative estimate of drug-likeness (QED) is 0.353. The zero-order valence-electron chi connectivity index (χ0n) is 18.5. The first-order valence-corrected chi connectivity index (χ1v) is 11.1. The SMILES string of the molecule is C[C@@H]1Cc2c([nH]c3ccccc23)[C@@H](c2cncc(OCCNCCCF)c2)N1CC(F)(F)F. The third-order valence-electron chi connectivity index (χ3n) is 5.96. The van der Waals surface area contributed by atoms with Crippen LogP contribution < -0.4 is 10.1 Å². The number of hydrogen-bond donors (Lipinski definition) is 2. The lowest BCUT2D eigenvalue weighted by atomic mass is 9.89. The maximum atomic E-state index is 13.5. The first-order chi connectivity index (χ1) is 15.9. The summed E-state index contributed by atoms with van der Waals surface area (Å²) in [6, 6.07) is 8.61. The van der Waals surface area contributed by atoms with Crippen molar-refractivity contribution in [1.29, 1.82) is 0 Å². The monoisotopic (exact) mass is 464 g/mol. The second-order valence-electron chi connectivity index (χ2n) is 8.40. The van der Waals surface area contributed by atoms with E-state index in [9.17, 15) is 17.6 Å². The van der Waals surface area contributed by atoms with Crippen LogP contribution in [0.1, 0.15) is 36.2 Å². The summed E-state index contributed by atoms with van der Waals surface area (Å²) in [7, 11) is 0. The summed E-state index contributed by atoms with van der Waals surface area (Å²) in [5.41, 5.74) is 3.37. The van der Waals surface area contributed by atoms with E-state index in [-0.39, 0.29) is 12.7 Å². The van der Waals surface area contributed by atoms with Gasteiger partial charge in [0.2, 0.25) is 0 Å². The molecule has 0 saturated heterocycles. The van der Waals surface area contributed by atoms with Crippen LogP contribution in [-0.4, -0.2) is 60.0 Å². The topological polar surface area (TPSA) is 53.2 Å². The highest BCUT2D eigenvalue weighted by molar-refractivity contribution is 5.85. The molecule has 0 amide bonds. The first-order valence-electron chi connectivity index (χ1n) is 11.1. The predicted octanol–water partition coefficient (Wildman–Crippen LogP) is 4.79. The lowest BCUT2D eigenvalue weighted by molar-refractivity contribution is -0.155. The maximum Gasteiger partial charge on any atom is 0.401 e. The Balaban J connectivity index is 1.64. The van der Waals surface area contributed by atoms with Gasteiger partial charge in [-0.2, -0.15) is 13.2 Å². The molecule has 2 N–H and O–H groups in total. The van der Waals surface area contributed by atoms with E-state index in [1.54, 1.807) is 18.5 Å². The third-order valence-corrected chi connectivity index (χ3v) is 5.96. The third kappa shape index (κ3) is 5.47. The molecule has 2 aromatic heterocycles. The number of aromatic nitrogens is 2. The number of aromatic amines is 1. The van der Waals surface area contributed by atoms with Gasteiger partial charge in [-0.15, -0.1) is 0 Å². The van der Waals surface area contributed by atoms with Gasteiger partial charge in [-0.05, 0) is 49.6 Å². The molecular weight excluding hydrogens is 436 g/mol. The Morgan fingerprint density at radius 1 is 1.21 bits per heavy atom. The highest BCUT2D eigenvalue weighted by Gasteiger charge is 2.42. The van der Waals surface area contributed by atoms with Gasteiger partial charge in [0, 0.05) is 35.4 Å². The molecular formula is C24H28F4N4O. The van der Waals surface area contributed by atoms with Gasteiger partial charge >= 0.3 is 6.18 Å². The van der Waals surface area contributed by atoms with Crippen LogP contribution in [0.2, 0.25) is 0 Å². The van der Waals surface area contributed by atoms with Gasteiger partial charge in [0.1, 0.15) is 12.4 Å². The molecule has 33 heavy (non-hydrogen) atoms. The molecule has 0 aliphatic carbocycles. The lowest BCUT2D eigenvalue weighted by Gasteiger charge is -2.41. The number of nitrogens with zero attached hydrogens (tertiary/aromatic N) is 2. The van der Waals surface area contributed by atoms with Crippen LogP contribution in [-0.2, 0) is 6.42 Å². The van der Waals surface area contributed by atoms with Gasteiger partial charge in [0.05, 0.1) is 25.5 Å². The number of H-pyrrole nitrogens is 1. The number of halogens is 4. The van der Waals surface area contributed by atoms with E-state index >= 15 is 0 Å². The number of hydrogen-bond acceptors (Lipinski definition) is 4. The zero-order valence-corrected chi connectivity index (χ0v) is 18.5. The molecule has 9 heteroatoms. The largest absolute Gasteiger partial charge is 0.491 e. The van der Waals surface area contributed by atoms with Gasteiger partial charge in [0.25, 0.3) is 0 Å². The Morgan fingerprint density at radius 3 is 2.82 bits per heavy atom. The average Bonchev–Trinajstić information content (AvgIpc) is 3.14. The molecule has 0 radical (unpaired) electrons. The van der Waals surface area contributed by atoms with Crippen LogP contribution in [0.15, 0.2) is 42.7 Å². The number of para-hydroxylation sites is 1. The second kappa shape index (κ2) is 10.1. The Kier molecular flexibility index (Phi) is 7.19. The Hall–Kier alpha value is -2.65. The van der Waals surface area contributed by atoms with E-state index in [4.69, 9.17) is 4.74 Å². The lowest BCUT2D eigenvalue weighted by Crippen LogP contribution is -2.47. The Morgan fingerprint density at radius 2 is 2.03 bits per heavy atom. The van der Waals surface area contributed by atoms with Crippen LogP contribution in [0.25, 0.3) is 10.9 Å². The van der Waals surface area contributed by atoms with Crippen molar-refractivity contribution in [2.24, 2.45) is 0 Å². The minimum Gasteiger partial charge on any atom is -0.491 e. The Labute approximate surface area is 190 Å². The molecule has 1 aliphatic rings. The van der Waals surface area contributed by atoms with E-state index in [2.05, 4.69) is 15.3 Å². The van der Waals surface area contributed by atoms with Crippen LogP contribution in [0.5, 0.6) is 5.75 Å². The molecule has 0 spiro atoms. The average molecular weight is 465 g/mol. The molecule has 0 unspecified atom stereocenters. The summed E-state index contributed by atoms with van der Waals surface area (Å²) >= 11 is 0. The summed E-state index contributed by atoms with van der Waals surface area (Å²) in [6.07, 6.45) is -0.201. The highest BCUT2D eigenvalue weighted by Crippen LogP contribution is 2.42. The smallest absolute Gasteiger partial charge is 0.401 e. The normalized spacial score (nSPS) is 19.1. The van der Waals surface area contributed by atoms with Crippen molar-refractivity contribution in [3.8, 4) is 5.75 Å². The molecule has 2 atom stereocenters. The van der Waals surface area contributed by atoms with Crippen molar-refractivity contribution in [3.05, 3.63) is 59.5 Å². The van der Waals surface area contributed by atoms with Crippen LogP contribution in [0.3, 0.4) is 0 Å². The number of alkyl halides is 4. The molecule has 3 heterocycles. The van der Waals surface area contributed by atoms with Crippen molar-refractivity contribution in [1.82, 2.24) is 20.2 Å². The minimum atomic E-state index is -4.33. The fourth-order valence-electron chi connectivity index (χ4n) is 4.54. The molecule has 0 fully saturated rings. The molecule has 3 aromatic rings. The van der Waals surface area contributed by atoms with Gasteiger partial charge in [0.15, 0.2) is 0 Å². The number of nitrogens with one attached hydrogen (secondary N) is 2. The number of ether oxygens (including phenoxy) is 1. The van der Waals surface area contributed by atoms with E-state index in [1.807, 2.05) is 31.2 Å². The van der Waals surface area contributed by atoms with Crippen molar-refractivity contribution < 1.29 is 22.3 Å². The standard InChI is InChI=1S/C24H28F4N4O/c1-16-11-20-19-5-2-3-6-21(19)31-22(20)23(32(16)15-24(26,27)28)17-12-18(14-30-13-17)33-10-9-29-8-4-7-25/h2-3,5-6,12-14,16,23,29,31H,4,7-11,15H2,1H3/t16-,23-/m1/s1. The summed E-state index contributed by atoms with van der Waals surface area (Å²) in [6.45, 7) is 1.90. The fourth-order valence-corrected chi connectivity index (χ4v) is 4.54. The van der Waals surface area contributed by atoms with Crippen molar-refractivity contribution in [2.75, 3.05) is 32.9 Å². The molecule has 0 saturated carbocycles. The number of benzene rings is 1. The summed E-state index contributed by atoms with van der Waals surface area (Å²) in [5, 5.41) is 4.12. The molecule has 5 nitrogen and oxygen atoms in total. The van der Waals surface area contributed by atoms with Crippen LogP contribution >= 0.6 is 0 Å². The van der Waals surface area contributed by atoms with E-state index in [1.165, 1.54) is 4.90 Å². The fraction of sp³-hybridized carbons (Fsp3) is 0.458. The molecule has 4 rings (SSSR count). The zero-order chi connectivity index (χ0) is 23.4. The van der Waals surface area contributed by atoms with Gasteiger partial charge in [-0.25, -0.2) is 0 Å². The van der Waals surface area contributed by atoms with Crippen LogP contribution in [0, 0.1) is 0 Å². The first kappa shape index (κ1) is 23.5. The van der Waals surface area contributed by atoms with Gasteiger partial charge < -0.3 is 15.0 Å². The van der Waals surface area contributed by atoms with Gasteiger partial charge in [-0.1, -0.05) is 18.2 Å². The van der Waals surface area contributed by atoms with E-state index in [0.29, 0.717) is 43.9 Å². The minimum absolute atomic E-state index is 0.312. The van der Waals surface area contributed by atoms with E-state index in [0.717, 1.165) is 22.2 Å². The molecule has 1 aliphatic heterocycles. The van der Waals surface area contributed by atoms with Crippen LogP contribution in [0.4, 0.5) is 17.6 Å². The summed E-state index contributed by atoms with van der Waals surface area (Å²) < 4.78 is 58.5. The molecule has 0 bridgehead atoms. The predicted molar refractivity (Wildman–Crippen MR) is 119 cm³/mol. The number of pyridine rings is 1. The Bertz CT molecular complexity index is 1070. The maximum absolute atomic E-state index is 13.5. The van der Waals surface area contributed by atoms with Crippen molar-refractivity contribution in [3.63, 3.8) is 0 Å². The number of fused-ring (bicyclic) bond motifs is 3. The molecule has 1 aromatic carbocycles.